The van der Waals surface area contributed by atoms with Gasteiger partial charge in [-0.25, -0.2) is 0 Å². The molecule has 6 nitrogen and oxygen atoms in total. The van der Waals surface area contributed by atoms with Crippen molar-refractivity contribution >= 4 is 5.91 Å². The minimum atomic E-state index is -0.164. The van der Waals surface area contributed by atoms with E-state index in [-0.39, 0.29) is 11.4 Å². The molecule has 1 amide bonds. The van der Waals surface area contributed by atoms with E-state index in [9.17, 15) is 4.79 Å². The molecule has 1 saturated heterocycles. The number of nitrogens with one attached hydrogen (secondary N) is 1. The number of carbonyl (C=O) groups excluding carboxylic acids is 1. The van der Waals surface area contributed by atoms with E-state index in [0.29, 0.717) is 6.54 Å². The van der Waals surface area contributed by atoms with Crippen LogP contribution in [0.5, 0.6) is 0 Å². The summed E-state index contributed by atoms with van der Waals surface area (Å²) in [7, 11) is 0. The summed E-state index contributed by atoms with van der Waals surface area (Å²) in [4.78, 5) is 16.4. The van der Waals surface area contributed by atoms with Gasteiger partial charge in [-0.15, -0.1) is 0 Å². The average Bonchev–Trinajstić information content (AvgIpc) is 2.75. The Morgan fingerprint density at radius 3 is 2.43 bits per heavy atom. The van der Waals surface area contributed by atoms with Gasteiger partial charge in [0.25, 0.3) is 0 Å². The van der Waals surface area contributed by atoms with Gasteiger partial charge in [0.2, 0.25) is 5.91 Å². The van der Waals surface area contributed by atoms with Gasteiger partial charge in [0.1, 0.15) is 0 Å². The first-order valence-electron chi connectivity index (χ1n) is 7.50. The maximum absolute atomic E-state index is 11.9. The molecule has 1 aliphatic heterocycles. The minimum Gasteiger partial charge on any atom is -0.360 e. The molecule has 1 N–H and O–H groups in total. The first-order valence-corrected chi connectivity index (χ1v) is 7.50. The zero-order chi connectivity index (χ0) is 15.5. The third-order valence-electron chi connectivity index (χ3n) is 3.40. The molecule has 0 aromatic carbocycles. The van der Waals surface area contributed by atoms with Crippen molar-refractivity contribution < 1.29 is 9.32 Å². The highest BCUT2D eigenvalue weighted by Crippen LogP contribution is 2.09. The summed E-state index contributed by atoms with van der Waals surface area (Å²) in [5.41, 5.74) is 0.755. The summed E-state index contributed by atoms with van der Waals surface area (Å²) in [6, 6.07) is 1.98. The van der Waals surface area contributed by atoms with Gasteiger partial charge in [-0.3, -0.25) is 14.6 Å². The van der Waals surface area contributed by atoms with Crippen LogP contribution in [0.1, 0.15) is 32.2 Å². The summed E-state index contributed by atoms with van der Waals surface area (Å²) in [6.07, 6.45) is 0. The maximum Gasteiger partial charge on any atom is 0.234 e. The van der Waals surface area contributed by atoms with Crippen LogP contribution >= 0.6 is 0 Å². The molecule has 1 fully saturated rings. The third kappa shape index (κ3) is 5.47. The Morgan fingerprint density at radius 2 is 1.90 bits per heavy atom. The second-order valence-corrected chi connectivity index (χ2v) is 6.79. The summed E-state index contributed by atoms with van der Waals surface area (Å²) in [6.45, 7) is 12.9. The Kier molecular flexibility index (Phi) is 5.00. The molecule has 0 saturated carbocycles. The summed E-state index contributed by atoms with van der Waals surface area (Å²) in [5.74, 6) is 1.01. The predicted molar refractivity (Wildman–Crippen MR) is 80.9 cm³/mol. The molecule has 1 aromatic rings. The van der Waals surface area contributed by atoms with Crippen molar-refractivity contribution in [3.63, 3.8) is 0 Å². The summed E-state index contributed by atoms with van der Waals surface area (Å²) in [5, 5.41) is 6.91. The van der Waals surface area contributed by atoms with Crippen LogP contribution in [-0.4, -0.2) is 59.1 Å². The fraction of sp³-hybridized carbons (Fsp3) is 0.733. The van der Waals surface area contributed by atoms with E-state index in [0.717, 1.165) is 44.2 Å². The highest BCUT2D eigenvalue weighted by molar-refractivity contribution is 5.78. The standard InChI is InChI=1S/C15H26N4O2/c1-12-9-13(21-17-12)10-18-5-7-19(8-6-18)11-14(20)16-15(2,3)4/h9H,5-8,10-11H2,1-4H3,(H,16,20). The maximum atomic E-state index is 11.9. The van der Waals surface area contributed by atoms with Crippen LogP contribution in [0.15, 0.2) is 10.6 Å². The first-order chi connectivity index (χ1) is 9.82. The quantitative estimate of drug-likeness (QED) is 0.898. The molecule has 0 atom stereocenters. The van der Waals surface area contributed by atoms with Crippen molar-refractivity contribution in [2.45, 2.75) is 39.8 Å². The van der Waals surface area contributed by atoms with Gasteiger partial charge in [0, 0.05) is 37.8 Å². The van der Waals surface area contributed by atoms with Crippen molar-refractivity contribution in [1.82, 2.24) is 20.3 Å². The topological polar surface area (TPSA) is 61.6 Å². The number of carbonyl (C=O) groups is 1. The lowest BCUT2D eigenvalue weighted by atomic mass is 10.1. The molecule has 1 aromatic heterocycles. The highest BCUT2D eigenvalue weighted by atomic mass is 16.5. The van der Waals surface area contributed by atoms with Crippen LogP contribution < -0.4 is 5.32 Å². The second-order valence-electron chi connectivity index (χ2n) is 6.79. The molecular weight excluding hydrogens is 268 g/mol. The van der Waals surface area contributed by atoms with E-state index in [1.165, 1.54) is 0 Å². The lowest BCUT2D eigenvalue weighted by Gasteiger charge is -2.34. The van der Waals surface area contributed by atoms with E-state index in [1.54, 1.807) is 0 Å². The fourth-order valence-corrected chi connectivity index (χ4v) is 2.48. The smallest absolute Gasteiger partial charge is 0.234 e. The largest absolute Gasteiger partial charge is 0.360 e. The SMILES string of the molecule is Cc1cc(CN2CCN(CC(=O)NC(C)(C)C)CC2)on1. The molecule has 0 radical (unpaired) electrons. The van der Waals surface area contributed by atoms with Crippen molar-refractivity contribution in [2.24, 2.45) is 0 Å². The lowest BCUT2D eigenvalue weighted by Crippen LogP contribution is -2.51. The normalized spacial score (nSPS) is 17.9. The molecule has 0 unspecified atom stereocenters. The van der Waals surface area contributed by atoms with Crippen molar-refractivity contribution in [1.29, 1.82) is 0 Å². The van der Waals surface area contributed by atoms with Crippen LogP contribution in [0.2, 0.25) is 0 Å². The Balaban J connectivity index is 1.72. The molecule has 1 aliphatic rings. The van der Waals surface area contributed by atoms with Crippen LogP contribution in [0.25, 0.3) is 0 Å². The zero-order valence-corrected chi connectivity index (χ0v) is 13.5. The van der Waals surface area contributed by atoms with Gasteiger partial charge < -0.3 is 9.84 Å². The Bertz CT molecular complexity index is 470. The van der Waals surface area contributed by atoms with Gasteiger partial charge in [0.15, 0.2) is 5.76 Å². The molecule has 6 heteroatoms. The molecule has 2 heterocycles. The molecule has 0 bridgehead atoms. The second kappa shape index (κ2) is 6.58. The van der Waals surface area contributed by atoms with Gasteiger partial charge in [0.05, 0.1) is 18.8 Å². The summed E-state index contributed by atoms with van der Waals surface area (Å²) >= 11 is 0. The van der Waals surface area contributed by atoms with E-state index in [4.69, 9.17) is 4.52 Å². The number of hydrogen-bond donors (Lipinski definition) is 1. The average molecular weight is 294 g/mol. The van der Waals surface area contributed by atoms with Crippen molar-refractivity contribution in [3.05, 3.63) is 17.5 Å². The van der Waals surface area contributed by atoms with Gasteiger partial charge in [-0.05, 0) is 27.7 Å². The number of hydrogen-bond acceptors (Lipinski definition) is 5. The number of aryl methyl sites for hydroxylation is 1. The van der Waals surface area contributed by atoms with Gasteiger partial charge >= 0.3 is 0 Å². The monoisotopic (exact) mass is 294 g/mol. The van der Waals surface area contributed by atoms with E-state index in [1.807, 2.05) is 33.8 Å². The Labute approximate surface area is 126 Å². The zero-order valence-electron chi connectivity index (χ0n) is 13.5. The molecule has 0 spiro atoms. The molecule has 0 aliphatic carbocycles. The van der Waals surface area contributed by atoms with Crippen LogP contribution in [0, 0.1) is 6.92 Å². The number of nitrogens with zero attached hydrogens (tertiary/aromatic N) is 3. The first kappa shape index (κ1) is 16.0. The van der Waals surface area contributed by atoms with Crippen molar-refractivity contribution in [2.75, 3.05) is 32.7 Å². The Morgan fingerprint density at radius 1 is 1.29 bits per heavy atom. The van der Waals surface area contributed by atoms with Crippen molar-refractivity contribution in [3.8, 4) is 0 Å². The lowest BCUT2D eigenvalue weighted by molar-refractivity contribution is -0.124. The van der Waals surface area contributed by atoms with E-state index < -0.39 is 0 Å². The molecule has 118 valence electrons. The Hall–Kier alpha value is -1.40. The molecule has 2 rings (SSSR count). The van der Waals surface area contributed by atoms with E-state index in [2.05, 4.69) is 20.3 Å². The number of amides is 1. The number of piperazine rings is 1. The van der Waals surface area contributed by atoms with Crippen LogP contribution in [0.4, 0.5) is 0 Å². The fourth-order valence-electron chi connectivity index (χ4n) is 2.48. The summed E-state index contributed by atoms with van der Waals surface area (Å²) < 4.78 is 5.24. The van der Waals surface area contributed by atoms with Crippen LogP contribution in [-0.2, 0) is 11.3 Å². The van der Waals surface area contributed by atoms with Gasteiger partial charge in [-0.1, -0.05) is 5.16 Å². The van der Waals surface area contributed by atoms with Gasteiger partial charge in [-0.2, -0.15) is 0 Å². The number of rotatable bonds is 4. The number of aromatic nitrogens is 1. The predicted octanol–water partition coefficient (Wildman–Crippen LogP) is 1.02. The van der Waals surface area contributed by atoms with E-state index >= 15 is 0 Å². The minimum absolute atomic E-state index is 0.0989. The third-order valence-corrected chi connectivity index (χ3v) is 3.40. The van der Waals surface area contributed by atoms with Crippen LogP contribution in [0.3, 0.4) is 0 Å². The molecule has 21 heavy (non-hydrogen) atoms. The highest BCUT2D eigenvalue weighted by Gasteiger charge is 2.21. The molecular formula is C15H26N4O2.